The molecule has 158 valence electrons. The van der Waals surface area contributed by atoms with Crippen molar-refractivity contribution >= 4 is 27.7 Å². The first-order valence-electron chi connectivity index (χ1n) is 10.3. The lowest BCUT2D eigenvalue weighted by atomic mass is 9.86. The largest absolute Gasteiger partial charge is 0.355 e. The quantitative estimate of drug-likeness (QED) is 0.527. The van der Waals surface area contributed by atoms with Gasteiger partial charge < -0.3 is 5.32 Å². The van der Waals surface area contributed by atoms with Gasteiger partial charge in [0.1, 0.15) is 6.04 Å². The van der Waals surface area contributed by atoms with Crippen molar-refractivity contribution in [1.82, 2.24) is 10.0 Å². The van der Waals surface area contributed by atoms with Crippen LogP contribution in [0, 0.1) is 12.8 Å². The third kappa shape index (κ3) is 7.76. The SMILES string of the molecule is CSCCC(NS(=O)(=O)c1ccc(C)cc1)C(=O)NCCCC1CCCCC1. The van der Waals surface area contributed by atoms with E-state index >= 15 is 0 Å². The van der Waals surface area contributed by atoms with Crippen LogP contribution in [0.3, 0.4) is 0 Å². The molecule has 0 spiro atoms. The number of hydrogen-bond acceptors (Lipinski definition) is 4. The Bertz CT molecular complexity index is 699. The Morgan fingerprint density at radius 1 is 1.18 bits per heavy atom. The number of aryl methyl sites for hydroxylation is 1. The molecule has 0 bridgehead atoms. The lowest BCUT2D eigenvalue weighted by Gasteiger charge is -2.22. The average molecular weight is 427 g/mol. The van der Waals surface area contributed by atoms with E-state index in [1.165, 1.54) is 32.1 Å². The predicted octanol–water partition coefficient (Wildman–Crippen LogP) is 3.87. The van der Waals surface area contributed by atoms with E-state index in [4.69, 9.17) is 0 Å². The smallest absolute Gasteiger partial charge is 0.241 e. The Morgan fingerprint density at radius 3 is 2.50 bits per heavy atom. The molecule has 5 nitrogen and oxygen atoms in total. The normalized spacial score (nSPS) is 16.6. The minimum absolute atomic E-state index is 0.192. The summed E-state index contributed by atoms with van der Waals surface area (Å²) in [6.07, 6.45) is 11.1. The van der Waals surface area contributed by atoms with Crippen LogP contribution in [0.2, 0.25) is 0 Å². The van der Waals surface area contributed by atoms with E-state index in [1.807, 2.05) is 13.2 Å². The first-order chi connectivity index (χ1) is 13.4. The molecule has 1 aromatic rings. The highest BCUT2D eigenvalue weighted by molar-refractivity contribution is 7.98. The maximum absolute atomic E-state index is 12.7. The number of rotatable bonds is 11. The van der Waals surface area contributed by atoms with Crippen molar-refractivity contribution in [3.05, 3.63) is 29.8 Å². The Morgan fingerprint density at radius 2 is 1.86 bits per heavy atom. The van der Waals surface area contributed by atoms with Crippen LogP contribution in [0.25, 0.3) is 0 Å². The number of amides is 1. The zero-order chi connectivity index (χ0) is 20.4. The first-order valence-corrected chi connectivity index (χ1v) is 13.2. The van der Waals surface area contributed by atoms with Gasteiger partial charge >= 0.3 is 0 Å². The average Bonchev–Trinajstić information content (AvgIpc) is 2.69. The molecule has 2 N–H and O–H groups in total. The minimum atomic E-state index is -3.72. The van der Waals surface area contributed by atoms with Gasteiger partial charge in [0, 0.05) is 6.54 Å². The molecule has 1 fully saturated rings. The van der Waals surface area contributed by atoms with Gasteiger partial charge in [-0.25, -0.2) is 8.42 Å². The van der Waals surface area contributed by atoms with Crippen LogP contribution in [-0.2, 0) is 14.8 Å². The Balaban J connectivity index is 1.87. The van der Waals surface area contributed by atoms with Gasteiger partial charge in [-0.15, -0.1) is 0 Å². The van der Waals surface area contributed by atoms with E-state index in [2.05, 4.69) is 10.0 Å². The molecule has 0 saturated heterocycles. The van der Waals surface area contributed by atoms with Crippen LogP contribution in [0.1, 0.15) is 56.9 Å². The summed E-state index contributed by atoms with van der Waals surface area (Å²) >= 11 is 1.60. The van der Waals surface area contributed by atoms with Crippen molar-refractivity contribution in [2.75, 3.05) is 18.6 Å². The summed E-state index contributed by atoms with van der Waals surface area (Å²) in [4.78, 5) is 12.8. The zero-order valence-electron chi connectivity index (χ0n) is 17.1. The van der Waals surface area contributed by atoms with Gasteiger partial charge in [0.05, 0.1) is 4.90 Å². The van der Waals surface area contributed by atoms with Crippen molar-refractivity contribution in [1.29, 1.82) is 0 Å². The zero-order valence-corrected chi connectivity index (χ0v) is 18.7. The summed E-state index contributed by atoms with van der Waals surface area (Å²) in [5, 5.41) is 2.94. The Labute approximate surface area is 174 Å². The monoisotopic (exact) mass is 426 g/mol. The Kier molecular flexibility index (Phi) is 9.82. The number of benzene rings is 1. The summed E-state index contributed by atoms with van der Waals surface area (Å²) in [6.45, 7) is 2.52. The molecule has 0 radical (unpaired) electrons. The Hall–Kier alpha value is -1.05. The van der Waals surface area contributed by atoms with Crippen LogP contribution in [0.15, 0.2) is 29.2 Å². The highest BCUT2D eigenvalue weighted by atomic mass is 32.2. The number of thioether (sulfide) groups is 1. The van der Waals surface area contributed by atoms with Crippen molar-refractivity contribution in [2.45, 2.75) is 69.2 Å². The molecule has 28 heavy (non-hydrogen) atoms. The second-order valence-corrected chi connectivity index (χ2v) is 10.4. The molecule has 1 unspecified atom stereocenters. The maximum atomic E-state index is 12.7. The minimum Gasteiger partial charge on any atom is -0.355 e. The third-order valence-corrected chi connectivity index (χ3v) is 7.50. The molecule has 1 aromatic carbocycles. The first kappa shape index (κ1) is 23.2. The van der Waals surface area contributed by atoms with Gasteiger partial charge in [0.25, 0.3) is 0 Å². The highest BCUT2D eigenvalue weighted by Crippen LogP contribution is 2.26. The van der Waals surface area contributed by atoms with Gasteiger partial charge in [-0.05, 0) is 56.2 Å². The molecule has 1 amide bonds. The van der Waals surface area contributed by atoms with E-state index in [0.717, 1.165) is 30.1 Å². The van der Waals surface area contributed by atoms with Gasteiger partial charge in [-0.2, -0.15) is 16.5 Å². The summed E-state index contributed by atoms with van der Waals surface area (Å²) in [6, 6.07) is 5.93. The van der Waals surface area contributed by atoms with E-state index < -0.39 is 16.1 Å². The van der Waals surface area contributed by atoms with E-state index in [0.29, 0.717) is 13.0 Å². The highest BCUT2D eigenvalue weighted by Gasteiger charge is 2.25. The summed E-state index contributed by atoms with van der Waals surface area (Å²) in [5.41, 5.74) is 0.994. The van der Waals surface area contributed by atoms with Crippen LogP contribution < -0.4 is 10.0 Å². The summed E-state index contributed by atoms with van der Waals surface area (Å²) < 4.78 is 27.9. The number of nitrogens with one attached hydrogen (secondary N) is 2. The lowest BCUT2D eigenvalue weighted by molar-refractivity contribution is -0.122. The molecular weight excluding hydrogens is 392 g/mol. The van der Waals surface area contributed by atoms with Gasteiger partial charge in [-0.1, -0.05) is 49.8 Å². The lowest BCUT2D eigenvalue weighted by Crippen LogP contribution is -2.47. The van der Waals surface area contributed by atoms with Gasteiger partial charge in [0.2, 0.25) is 15.9 Å². The van der Waals surface area contributed by atoms with Gasteiger partial charge in [0.15, 0.2) is 0 Å². The van der Waals surface area contributed by atoms with Crippen molar-refractivity contribution in [2.24, 2.45) is 5.92 Å². The summed E-state index contributed by atoms with van der Waals surface area (Å²) in [5.74, 6) is 1.28. The summed E-state index contributed by atoms with van der Waals surface area (Å²) in [7, 11) is -3.72. The second-order valence-electron chi connectivity index (χ2n) is 7.71. The van der Waals surface area contributed by atoms with Gasteiger partial charge in [-0.3, -0.25) is 4.79 Å². The predicted molar refractivity (Wildman–Crippen MR) is 117 cm³/mol. The van der Waals surface area contributed by atoms with Crippen molar-refractivity contribution in [3.63, 3.8) is 0 Å². The molecule has 1 saturated carbocycles. The molecule has 1 atom stereocenters. The number of carbonyl (C=O) groups excluding carboxylic acids is 1. The van der Waals surface area contributed by atoms with Crippen molar-refractivity contribution in [3.8, 4) is 0 Å². The fraction of sp³-hybridized carbons (Fsp3) is 0.667. The molecular formula is C21H34N2O3S2. The number of sulfonamides is 1. The molecule has 0 heterocycles. The molecule has 1 aliphatic rings. The molecule has 2 rings (SSSR count). The maximum Gasteiger partial charge on any atom is 0.241 e. The fourth-order valence-corrected chi connectivity index (χ4v) is 5.35. The van der Waals surface area contributed by atoms with Crippen LogP contribution in [0.5, 0.6) is 0 Å². The van der Waals surface area contributed by atoms with E-state index in [9.17, 15) is 13.2 Å². The molecule has 0 aromatic heterocycles. The standard InChI is InChI=1S/C21H34N2O3S2/c1-17-10-12-19(13-11-17)28(25,26)23-20(14-16-27-2)21(24)22-15-6-9-18-7-4-3-5-8-18/h10-13,18,20,23H,3-9,14-16H2,1-2H3,(H,22,24). The number of hydrogen-bond donors (Lipinski definition) is 2. The van der Waals surface area contributed by atoms with Crippen LogP contribution in [-0.4, -0.2) is 38.9 Å². The third-order valence-electron chi connectivity index (χ3n) is 5.37. The van der Waals surface area contributed by atoms with E-state index in [-0.39, 0.29) is 10.8 Å². The van der Waals surface area contributed by atoms with Crippen LogP contribution >= 0.6 is 11.8 Å². The van der Waals surface area contributed by atoms with E-state index in [1.54, 1.807) is 36.0 Å². The van der Waals surface area contributed by atoms with Crippen LogP contribution in [0.4, 0.5) is 0 Å². The molecule has 0 aliphatic heterocycles. The topological polar surface area (TPSA) is 75.3 Å². The molecule has 7 heteroatoms. The fourth-order valence-electron chi connectivity index (χ4n) is 3.65. The van der Waals surface area contributed by atoms with Crippen molar-refractivity contribution < 1.29 is 13.2 Å². The second kappa shape index (κ2) is 11.8. The molecule has 1 aliphatic carbocycles. The number of carbonyl (C=O) groups is 1.